The Morgan fingerprint density at radius 3 is 2.50 bits per heavy atom. The maximum Gasteiger partial charge on any atom is 0.0996 e. The Bertz CT molecular complexity index is 360. The number of nitrogens with two attached hydrogens (primary N) is 2. The smallest absolute Gasteiger partial charge is 0.0996 e. The van der Waals surface area contributed by atoms with E-state index in [-0.39, 0.29) is 19.0 Å². The largest absolute Gasteiger partial charge is 0.399 e. The highest BCUT2D eigenvalue weighted by Crippen LogP contribution is 2.21. The SMILES string of the molecule is Cl.N#Cc1cc(N)cc(N)c1CCO. The van der Waals surface area contributed by atoms with E-state index < -0.39 is 0 Å². The Hall–Kier alpha value is -1.44. The summed E-state index contributed by atoms with van der Waals surface area (Å²) in [5.74, 6) is 0. The van der Waals surface area contributed by atoms with Crippen LogP contribution in [0.3, 0.4) is 0 Å². The lowest BCUT2D eigenvalue weighted by Crippen LogP contribution is -2.02. The van der Waals surface area contributed by atoms with E-state index in [0.29, 0.717) is 28.9 Å². The van der Waals surface area contributed by atoms with E-state index >= 15 is 0 Å². The molecule has 5 N–H and O–H groups in total. The molecule has 0 saturated heterocycles. The molecule has 0 atom stereocenters. The van der Waals surface area contributed by atoms with E-state index in [0.717, 1.165) is 0 Å². The lowest BCUT2D eigenvalue weighted by molar-refractivity contribution is 0.299. The molecule has 0 radical (unpaired) electrons. The van der Waals surface area contributed by atoms with Crippen molar-refractivity contribution in [3.63, 3.8) is 0 Å². The number of nitrogen functional groups attached to an aromatic ring is 2. The van der Waals surface area contributed by atoms with Gasteiger partial charge in [-0.3, -0.25) is 0 Å². The Labute approximate surface area is 88.5 Å². The van der Waals surface area contributed by atoms with Crippen molar-refractivity contribution in [2.24, 2.45) is 0 Å². The number of hydrogen-bond donors (Lipinski definition) is 3. The molecule has 5 heteroatoms. The molecule has 0 bridgehead atoms. The van der Waals surface area contributed by atoms with Crippen LogP contribution in [0.2, 0.25) is 0 Å². The van der Waals surface area contributed by atoms with Crippen LogP contribution < -0.4 is 11.5 Å². The summed E-state index contributed by atoms with van der Waals surface area (Å²) in [6, 6.07) is 5.14. The second-order valence-corrected chi connectivity index (χ2v) is 2.72. The van der Waals surface area contributed by atoms with Crippen molar-refractivity contribution in [2.75, 3.05) is 18.1 Å². The molecule has 0 aliphatic heterocycles. The van der Waals surface area contributed by atoms with Gasteiger partial charge < -0.3 is 16.6 Å². The molecule has 4 nitrogen and oxygen atoms in total. The van der Waals surface area contributed by atoms with Crippen LogP contribution in [0.15, 0.2) is 12.1 Å². The van der Waals surface area contributed by atoms with Crippen LogP contribution >= 0.6 is 12.4 Å². The van der Waals surface area contributed by atoms with Gasteiger partial charge in [-0.25, -0.2) is 0 Å². The first-order chi connectivity index (χ1) is 6.19. The molecule has 14 heavy (non-hydrogen) atoms. The standard InChI is InChI=1S/C9H11N3O.ClH/c10-5-6-3-7(11)4-9(12)8(6)1-2-13;/h3-4,13H,1-2,11-12H2;1H. The Balaban J connectivity index is 0.00000169. The number of nitriles is 1. The zero-order valence-corrected chi connectivity index (χ0v) is 8.34. The number of aliphatic hydroxyl groups is 1. The summed E-state index contributed by atoms with van der Waals surface area (Å²) >= 11 is 0. The summed E-state index contributed by atoms with van der Waals surface area (Å²) in [5, 5.41) is 17.5. The van der Waals surface area contributed by atoms with Gasteiger partial charge in [-0.05, 0) is 24.1 Å². The molecule has 0 aliphatic rings. The second-order valence-electron chi connectivity index (χ2n) is 2.72. The molecule has 0 fully saturated rings. The Kier molecular flexibility index (Phi) is 4.78. The molecule has 0 saturated carbocycles. The fourth-order valence-corrected chi connectivity index (χ4v) is 1.21. The number of benzene rings is 1. The average molecular weight is 214 g/mol. The van der Waals surface area contributed by atoms with E-state index in [4.69, 9.17) is 21.8 Å². The summed E-state index contributed by atoms with van der Waals surface area (Å²) in [5.41, 5.74) is 13.2. The van der Waals surface area contributed by atoms with E-state index in [2.05, 4.69) is 0 Å². The van der Waals surface area contributed by atoms with Crippen LogP contribution in [0.4, 0.5) is 11.4 Å². The lowest BCUT2D eigenvalue weighted by atomic mass is 10.0. The van der Waals surface area contributed by atoms with E-state index in [1.54, 1.807) is 12.1 Å². The number of rotatable bonds is 2. The Morgan fingerprint density at radius 1 is 1.36 bits per heavy atom. The maximum absolute atomic E-state index is 8.75. The summed E-state index contributed by atoms with van der Waals surface area (Å²) in [7, 11) is 0. The van der Waals surface area contributed by atoms with Gasteiger partial charge in [0.05, 0.1) is 11.6 Å². The molecule has 0 aromatic heterocycles. The minimum Gasteiger partial charge on any atom is -0.399 e. The average Bonchev–Trinajstić information content (AvgIpc) is 2.09. The van der Waals surface area contributed by atoms with Gasteiger partial charge in [0.25, 0.3) is 0 Å². The van der Waals surface area contributed by atoms with Crippen LogP contribution in [-0.4, -0.2) is 11.7 Å². The quantitative estimate of drug-likeness (QED) is 0.630. The van der Waals surface area contributed by atoms with Gasteiger partial charge in [-0.1, -0.05) is 0 Å². The first kappa shape index (κ1) is 12.6. The van der Waals surface area contributed by atoms with Gasteiger partial charge in [0.15, 0.2) is 0 Å². The monoisotopic (exact) mass is 213 g/mol. The van der Waals surface area contributed by atoms with Gasteiger partial charge in [0.2, 0.25) is 0 Å². The summed E-state index contributed by atoms with van der Waals surface area (Å²) in [4.78, 5) is 0. The highest BCUT2D eigenvalue weighted by Gasteiger charge is 2.06. The molecule has 0 heterocycles. The van der Waals surface area contributed by atoms with E-state index in [9.17, 15) is 0 Å². The maximum atomic E-state index is 8.75. The predicted molar refractivity (Wildman–Crippen MR) is 58.0 cm³/mol. The molecule has 1 aromatic rings. The first-order valence-electron chi connectivity index (χ1n) is 3.88. The van der Waals surface area contributed by atoms with Crippen molar-refractivity contribution in [1.29, 1.82) is 5.26 Å². The van der Waals surface area contributed by atoms with Crippen molar-refractivity contribution in [1.82, 2.24) is 0 Å². The predicted octanol–water partition coefficient (Wildman–Crippen LogP) is 0.679. The van der Waals surface area contributed by atoms with Crippen LogP contribution in [0.25, 0.3) is 0 Å². The van der Waals surface area contributed by atoms with Gasteiger partial charge in [0, 0.05) is 18.0 Å². The number of hydrogen-bond acceptors (Lipinski definition) is 4. The zero-order valence-electron chi connectivity index (χ0n) is 7.53. The number of aliphatic hydroxyl groups excluding tert-OH is 1. The van der Waals surface area contributed by atoms with Crippen molar-refractivity contribution < 1.29 is 5.11 Å². The van der Waals surface area contributed by atoms with Crippen LogP contribution in [0.5, 0.6) is 0 Å². The molecule has 76 valence electrons. The van der Waals surface area contributed by atoms with E-state index in [1.807, 2.05) is 6.07 Å². The number of nitrogens with zero attached hydrogens (tertiary/aromatic N) is 1. The van der Waals surface area contributed by atoms with Gasteiger partial charge in [-0.15, -0.1) is 12.4 Å². The molecular weight excluding hydrogens is 202 g/mol. The zero-order chi connectivity index (χ0) is 9.84. The molecule has 0 amide bonds. The third kappa shape index (κ3) is 2.52. The molecule has 0 aliphatic carbocycles. The fraction of sp³-hybridized carbons (Fsp3) is 0.222. The molecule has 0 unspecified atom stereocenters. The summed E-state index contributed by atoms with van der Waals surface area (Å²) in [6.45, 7) is -0.0250. The minimum absolute atomic E-state index is 0. The highest BCUT2D eigenvalue weighted by molar-refractivity contribution is 5.85. The number of anilines is 2. The van der Waals surface area contributed by atoms with Crippen LogP contribution in [0, 0.1) is 11.3 Å². The molecule has 1 aromatic carbocycles. The fourth-order valence-electron chi connectivity index (χ4n) is 1.21. The topological polar surface area (TPSA) is 96.1 Å². The third-order valence-electron chi connectivity index (χ3n) is 1.79. The molecule has 0 spiro atoms. The van der Waals surface area contributed by atoms with Gasteiger partial charge in [-0.2, -0.15) is 5.26 Å². The highest BCUT2D eigenvalue weighted by atomic mass is 35.5. The van der Waals surface area contributed by atoms with Crippen LogP contribution in [0.1, 0.15) is 11.1 Å². The van der Waals surface area contributed by atoms with Crippen molar-refractivity contribution in [3.05, 3.63) is 23.3 Å². The Morgan fingerprint density at radius 2 is 2.00 bits per heavy atom. The third-order valence-corrected chi connectivity index (χ3v) is 1.79. The van der Waals surface area contributed by atoms with Crippen molar-refractivity contribution >= 4 is 23.8 Å². The minimum atomic E-state index is -0.0250. The van der Waals surface area contributed by atoms with E-state index in [1.165, 1.54) is 0 Å². The molecule has 1 rings (SSSR count). The van der Waals surface area contributed by atoms with Crippen LogP contribution in [-0.2, 0) is 6.42 Å². The normalized spacial score (nSPS) is 8.86. The van der Waals surface area contributed by atoms with Crippen molar-refractivity contribution in [3.8, 4) is 6.07 Å². The number of halogens is 1. The molecular formula is C9H12ClN3O. The summed E-state index contributed by atoms with van der Waals surface area (Å²) in [6.07, 6.45) is 0.384. The van der Waals surface area contributed by atoms with Gasteiger partial charge in [0.1, 0.15) is 0 Å². The van der Waals surface area contributed by atoms with Gasteiger partial charge >= 0.3 is 0 Å². The second kappa shape index (κ2) is 5.32. The van der Waals surface area contributed by atoms with Crippen molar-refractivity contribution in [2.45, 2.75) is 6.42 Å². The lowest BCUT2D eigenvalue weighted by Gasteiger charge is -2.07. The first-order valence-corrected chi connectivity index (χ1v) is 3.88. The summed E-state index contributed by atoms with van der Waals surface area (Å²) < 4.78 is 0.